The predicted octanol–water partition coefficient (Wildman–Crippen LogP) is 4.86. The SMILES string of the molecule is O=S(=O)(O)c1ccc2nc(-c3ccccc3)c(-c3ccccc3)nc2c1Cl. The van der Waals surface area contributed by atoms with Gasteiger partial charge in [-0.2, -0.15) is 8.42 Å². The van der Waals surface area contributed by atoms with Gasteiger partial charge in [0.2, 0.25) is 0 Å². The Morgan fingerprint density at radius 3 is 1.78 bits per heavy atom. The summed E-state index contributed by atoms with van der Waals surface area (Å²) in [5.41, 5.74) is 3.57. The van der Waals surface area contributed by atoms with E-state index >= 15 is 0 Å². The summed E-state index contributed by atoms with van der Waals surface area (Å²) >= 11 is 6.24. The lowest BCUT2D eigenvalue weighted by Gasteiger charge is -2.12. The molecule has 0 unspecified atom stereocenters. The van der Waals surface area contributed by atoms with Gasteiger partial charge >= 0.3 is 0 Å². The van der Waals surface area contributed by atoms with Crippen LogP contribution in [-0.4, -0.2) is 22.9 Å². The Kier molecular flexibility index (Phi) is 4.39. The molecule has 0 saturated carbocycles. The van der Waals surface area contributed by atoms with Gasteiger partial charge in [0.15, 0.2) is 0 Å². The highest BCUT2D eigenvalue weighted by atomic mass is 35.5. The van der Waals surface area contributed by atoms with Gasteiger partial charge in [-0.25, -0.2) is 9.97 Å². The zero-order chi connectivity index (χ0) is 19.0. The molecule has 0 saturated heterocycles. The summed E-state index contributed by atoms with van der Waals surface area (Å²) in [4.78, 5) is 8.92. The van der Waals surface area contributed by atoms with Crippen LogP contribution < -0.4 is 0 Å². The van der Waals surface area contributed by atoms with Crippen LogP contribution in [0.5, 0.6) is 0 Å². The van der Waals surface area contributed by atoms with Crippen molar-refractivity contribution < 1.29 is 13.0 Å². The Morgan fingerprint density at radius 2 is 1.26 bits per heavy atom. The van der Waals surface area contributed by atoms with Gasteiger partial charge in [-0.1, -0.05) is 72.3 Å². The third-order valence-corrected chi connectivity index (χ3v) is 5.50. The summed E-state index contributed by atoms with van der Waals surface area (Å²) in [7, 11) is -4.46. The lowest BCUT2D eigenvalue weighted by atomic mass is 10.0. The lowest BCUT2D eigenvalue weighted by Crippen LogP contribution is -2.02. The molecule has 0 atom stereocenters. The van der Waals surface area contributed by atoms with Gasteiger partial charge in [0.05, 0.1) is 21.9 Å². The lowest BCUT2D eigenvalue weighted by molar-refractivity contribution is 0.483. The monoisotopic (exact) mass is 396 g/mol. The Bertz CT molecular complexity index is 1240. The number of benzene rings is 3. The number of nitrogens with zero attached hydrogens (tertiary/aromatic N) is 2. The highest BCUT2D eigenvalue weighted by Crippen LogP contribution is 2.34. The molecule has 4 rings (SSSR count). The highest BCUT2D eigenvalue weighted by Gasteiger charge is 2.20. The maximum Gasteiger partial charge on any atom is 0.296 e. The van der Waals surface area contributed by atoms with Gasteiger partial charge in [0, 0.05) is 11.1 Å². The predicted molar refractivity (Wildman–Crippen MR) is 105 cm³/mol. The van der Waals surface area contributed by atoms with E-state index in [9.17, 15) is 13.0 Å². The van der Waals surface area contributed by atoms with E-state index < -0.39 is 15.0 Å². The van der Waals surface area contributed by atoms with Crippen LogP contribution >= 0.6 is 11.6 Å². The van der Waals surface area contributed by atoms with Crippen molar-refractivity contribution in [3.05, 3.63) is 77.8 Å². The average Bonchev–Trinajstić information content (AvgIpc) is 2.68. The molecule has 5 nitrogen and oxygen atoms in total. The standard InChI is InChI=1S/C20H13ClN2O3S/c21-17-16(27(24,25)26)12-11-15-20(17)23-19(14-9-5-2-6-10-14)18(22-15)13-7-3-1-4-8-13/h1-12H,(H,24,25,26). The summed E-state index contributed by atoms with van der Waals surface area (Å²) in [5.74, 6) is 0. The summed E-state index contributed by atoms with van der Waals surface area (Å²) in [5, 5.41) is -0.153. The van der Waals surface area contributed by atoms with Crippen LogP contribution in [-0.2, 0) is 10.1 Å². The van der Waals surface area contributed by atoms with Crippen LogP contribution in [0.25, 0.3) is 33.5 Å². The molecular formula is C20H13ClN2O3S. The number of hydrogen-bond acceptors (Lipinski definition) is 4. The van der Waals surface area contributed by atoms with E-state index in [2.05, 4.69) is 9.97 Å². The van der Waals surface area contributed by atoms with E-state index in [1.165, 1.54) is 12.1 Å². The van der Waals surface area contributed by atoms with Crippen LogP contribution in [0.1, 0.15) is 0 Å². The normalized spacial score (nSPS) is 11.6. The molecule has 0 spiro atoms. The number of fused-ring (bicyclic) bond motifs is 1. The van der Waals surface area contributed by atoms with Crippen LogP contribution in [0, 0.1) is 0 Å². The minimum absolute atomic E-state index is 0.153. The van der Waals surface area contributed by atoms with Crippen molar-refractivity contribution in [3.8, 4) is 22.5 Å². The van der Waals surface area contributed by atoms with Crippen LogP contribution in [0.2, 0.25) is 5.02 Å². The van der Waals surface area contributed by atoms with Crippen LogP contribution in [0.15, 0.2) is 77.7 Å². The van der Waals surface area contributed by atoms with E-state index in [4.69, 9.17) is 11.6 Å². The minimum Gasteiger partial charge on any atom is -0.282 e. The fourth-order valence-electron chi connectivity index (χ4n) is 2.86. The third kappa shape index (κ3) is 3.30. The van der Waals surface area contributed by atoms with Gasteiger partial charge in [-0.3, -0.25) is 4.55 Å². The maximum absolute atomic E-state index is 11.6. The first-order valence-corrected chi connectivity index (χ1v) is 9.85. The van der Waals surface area contributed by atoms with Crippen LogP contribution in [0.4, 0.5) is 0 Å². The highest BCUT2D eigenvalue weighted by molar-refractivity contribution is 7.86. The molecule has 0 bridgehead atoms. The molecular weight excluding hydrogens is 384 g/mol. The Morgan fingerprint density at radius 1 is 0.741 bits per heavy atom. The molecule has 27 heavy (non-hydrogen) atoms. The molecule has 1 N–H and O–H groups in total. The minimum atomic E-state index is -4.46. The molecule has 0 fully saturated rings. The van der Waals surface area contributed by atoms with Gasteiger partial charge in [0.25, 0.3) is 10.1 Å². The zero-order valence-electron chi connectivity index (χ0n) is 13.9. The number of halogens is 1. The molecule has 1 heterocycles. The molecule has 0 radical (unpaired) electrons. The van der Waals surface area contributed by atoms with E-state index in [0.717, 1.165) is 11.1 Å². The molecule has 0 aliphatic heterocycles. The van der Waals surface area contributed by atoms with Crippen molar-refractivity contribution in [2.75, 3.05) is 0 Å². The van der Waals surface area contributed by atoms with E-state index in [-0.39, 0.29) is 10.5 Å². The summed E-state index contributed by atoms with van der Waals surface area (Å²) in [6, 6.07) is 21.7. The van der Waals surface area contributed by atoms with Crippen molar-refractivity contribution >= 4 is 32.8 Å². The Labute approximate surface area is 161 Å². The summed E-state index contributed by atoms with van der Waals surface area (Å²) in [6.07, 6.45) is 0. The first-order chi connectivity index (χ1) is 12.9. The van der Waals surface area contributed by atoms with Gasteiger partial charge in [0.1, 0.15) is 10.4 Å². The quantitative estimate of drug-likeness (QED) is 0.500. The molecule has 0 aliphatic carbocycles. The van der Waals surface area contributed by atoms with E-state index in [0.29, 0.717) is 16.9 Å². The third-order valence-electron chi connectivity index (χ3n) is 4.11. The molecule has 134 valence electrons. The molecule has 3 aromatic carbocycles. The topological polar surface area (TPSA) is 80.2 Å². The zero-order valence-corrected chi connectivity index (χ0v) is 15.4. The van der Waals surface area contributed by atoms with Crippen molar-refractivity contribution in [3.63, 3.8) is 0 Å². The van der Waals surface area contributed by atoms with Gasteiger partial charge in [-0.15, -0.1) is 0 Å². The van der Waals surface area contributed by atoms with Crippen molar-refractivity contribution in [2.45, 2.75) is 4.90 Å². The van der Waals surface area contributed by atoms with Crippen LogP contribution in [0.3, 0.4) is 0 Å². The summed E-state index contributed by atoms with van der Waals surface area (Å²) < 4.78 is 32.5. The van der Waals surface area contributed by atoms with E-state index in [1.807, 2.05) is 60.7 Å². The van der Waals surface area contributed by atoms with E-state index in [1.54, 1.807) is 0 Å². The fraction of sp³-hybridized carbons (Fsp3) is 0. The van der Waals surface area contributed by atoms with Gasteiger partial charge in [-0.05, 0) is 12.1 Å². The molecule has 0 amide bonds. The Hall–Kier alpha value is -2.80. The van der Waals surface area contributed by atoms with Gasteiger partial charge < -0.3 is 0 Å². The second-order valence-corrected chi connectivity index (χ2v) is 7.64. The fourth-order valence-corrected chi connectivity index (χ4v) is 3.92. The second kappa shape index (κ2) is 6.74. The summed E-state index contributed by atoms with van der Waals surface area (Å²) in [6.45, 7) is 0. The Balaban J connectivity index is 2.08. The van der Waals surface area contributed by atoms with Crippen molar-refractivity contribution in [1.82, 2.24) is 9.97 Å². The smallest absolute Gasteiger partial charge is 0.282 e. The largest absolute Gasteiger partial charge is 0.296 e. The molecule has 7 heteroatoms. The van der Waals surface area contributed by atoms with Crippen molar-refractivity contribution in [2.24, 2.45) is 0 Å². The molecule has 0 aliphatic rings. The number of aromatic nitrogens is 2. The van der Waals surface area contributed by atoms with Crippen molar-refractivity contribution in [1.29, 1.82) is 0 Å². The first-order valence-electron chi connectivity index (χ1n) is 8.04. The number of rotatable bonds is 3. The second-order valence-electron chi connectivity index (χ2n) is 5.87. The molecule has 4 aromatic rings. The number of hydrogen-bond donors (Lipinski definition) is 1. The molecule has 1 aromatic heterocycles. The average molecular weight is 397 g/mol. The maximum atomic E-state index is 11.6. The first kappa shape index (κ1) is 17.6.